The van der Waals surface area contributed by atoms with E-state index in [1.165, 1.54) is 27.7 Å². The Morgan fingerprint density at radius 2 is 1.94 bits per heavy atom. The first-order valence-electron chi connectivity index (χ1n) is 9.43. The van der Waals surface area contributed by atoms with E-state index in [0.29, 0.717) is 27.6 Å². The summed E-state index contributed by atoms with van der Waals surface area (Å²) in [6.45, 7) is 1.94. The van der Waals surface area contributed by atoms with Crippen LogP contribution < -0.4 is 4.57 Å². The van der Waals surface area contributed by atoms with Gasteiger partial charge >= 0.3 is 18.1 Å². The number of rotatable bonds is 6. The Hall–Kier alpha value is -2.98. The van der Waals surface area contributed by atoms with E-state index in [1.807, 2.05) is 19.1 Å². The zero-order valence-corrected chi connectivity index (χ0v) is 18.3. The molecule has 0 amide bonds. The number of nitrogens with zero attached hydrogens (tertiary/aromatic N) is 2. The van der Waals surface area contributed by atoms with Crippen LogP contribution in [-0.4, -0.2) is 21.0 Å². The molecule has 5 nitrogen and oxygen atoms in total. The van der Waals surface area contributed by atoms with Crippen molar-refractivity contribution in [3.63, 3.8) is 0 Å². The van der Waals surface area contributed by atoms with Gasteiger partial charge in [0.05, 0.1) is 28.8 Å². The molecule has 2 aromatic heterocycles. The van der Waals surface area contributed by atoms with Gasteiger partial charge in [-0.1, -0.05) is 44.8 Å². The van der Waals surface area contributed by atoms with E-state index in [-0.39, 0.29) is 5.56 Å². The number of hydrogen-bond acceptors (Lipinski definition) is 4. The lowest BCUT2D eigenvalue weighted by atomic mass is 10.2. The molecule has 0 radical (unpaired) electrons. The van der Waals surface area contributed by atoms with Gasteiger partial charge in [-0.2, -0.15) is 13.2 Å². The van der Waals surface area contributed by atoms with Crippen molar-refractivity contribution in [2.45, 2.75) is 23.7 Å². The Morgan fingerprint density at radius 1 is 1.16 bits per heavy atom. The largest absolute Gasteiger partial charge is 0.478 e. The molecule has 0 aliphatic heterocycles. The number of H-pyrrole nitrogens is 1. The van der Waals surface area contributed by atoms with Gasteiger partial charge in [-0.3, -0.25) is 0 Å². The highest BCUT2D eigenvalue weighted by atomic mass is 33.1. The third kappa shape index (κ3) is 4.61. The summed E-state index contributed by atoms with van der Waals surface area (Å²) >= 11 is 0. The van der Waals surface area contributed by atoms with Crippen molar-refractivity contribution in [2.24, 2.45) is 0 Å². The second-order valence-corrected chi connectivity index (χ2v) is 9.28. The highest BCUT2D eigenvalue weighted by Gasteiger charge is 2.31. The standard InChI is InChI=1S/C22H16F3N3O2S2/c1-13-5-4-10-28(18(13)12-31-32-19-7-3-2-6-15(19)20(29)30)21-26-16-9-8-14(22(23,24)25)11-17(16)27-21/h2-11H,12H2,1H3,(H-,26,27,29,30)/p+1. The predicted octanol–water partition coefficient (Wildman–Crippen LogP) is 5.81. The molecule has 164 valence electrons. The number of aromatic amines is 1. The average molecular weight is 477 g/mol. The molecule has 4 aromatic rings. The van der Waals surface area contributed by atoms with Crippen molar-refractivity contribution in [1.82, 2.24) is 9.97 Å². The summed E-state index contributed by atoms with van der Waals surface area (Å²) in [7, 11) is 2.83. The number of aromatic carboxylic acids is 1. The number of carboxylic acid groups (broad SMARTS) is 1. The molecule has 0 unspecified atom stereocenters. The molecule has 0 saturated heterocycles. The van der Waals surface area contributed by atoms with E-state index in [2.05, 4.69) is 9.97 Å². The summed E-state index contributed by atoms with van der Waals surface area (Å²) < 4.78 is 40.9. The van der Waals surface area contributed by atoms with Crippen LogP contribution in [0.4, 0.5) is 13.2 Å². The van der Waals surface area contributed by atoms with Crippen molar-refractivity contribution in [3.8, 4) is 5.95 Å². The lowest BCUT2D eigenvalue weighted by Gasteiger charge is -2.09. The SMILES string of the molecule is Cc1ccc[n+](-c2nc3ccc(C(F)(F)F)cc3[nH]2)c1CSSc1ccccc1C(=O)O. The number of carbonyl (C=O) groups is 1. The molecule has 2 N–H and O–H groups in total. The summed E-state index contributed by atoms with van der Waals surface area (Å²) in [5, 5.41) is 9.35. The zero-order valence-electron chi connectivity index (χ0n) is 16.7. The molecule has 0 spiro atoms. The Kier molecular flexibility index (Phi) is 6.16. The van der Waals surface area contributed by atoms with Crippen molar-refractivity contribution in [2.75, 3.05) is 0 Å². The molecule has 0 bridgehead atoms. The van der Waals surface area contributed by atoms with Gasteiger partial charge in [0.25, 0.3) is 0 Å². The second-order valence-electron chi connectivity index (χ2n) is 6.94. The normalized spacial score (nSPS) is 11.8. The van der Waals surface area contributed by atoms with Crippen molar-refractivity contribution < 1.29 is 27.6 Å². The maximum absolute atomic E-state index is 13.0. The lowest BCUT2D eigenvalue weighted by molar-refractivity contribution is -0.610. The molecular weight excluding hydrogens is 459 g/mol. The fraction of sp³-hybridized carbons (Fsp3) is 0.136. The van der Waals surface area contributed by atoms with Gasteiger partial charge in [0.2, 0.25) is 0 Å². The number of aromatic nitrogens is 3. The van der Waals surface area contributed by atoms with Gasteiger partial charge in [-0.25, -0.2) is 14.3 Å². The van der Waals surface area contributed by atoms with E-state index >= 15 is 0 Å². The van der Waals surface area contributed by atoms with Crippen LogP contribution in [0.3, 0.4) is 0 Å². The zero-order chi connectivity index (χ0) is 22.9. The Balaban J connectivity index is 1.62. The van der Waals surface area contributed by atoms with Gasteiger partial charge in [-0.15, -0.1) is 0 Å². The molecule has 0 aliphatic rings. The molecule has 4 rings (SSSR count). The van der Waals surface area contributed by atoms with E-state index in [0.717, 1.165) is 23.4 Å². The second kappa shape index (κ2) is 8.87. The first-order valence-corrected chi connectivity index (χ1v) is 11.7. The summed E-state index contributed by atoms with van der Waals surface area (Å²) in [6, 6.07) is 14.0. The fourth-order valence-electron chi connectivity index (χ4n) is 3.18. The van der Waals surface area contributed by atoms with Crippen LogP contribution in [0.2, 0.25) is 0 Å². The Labute approximate surface area is 189 Å². The highest BCUT2D eigenvalue weighted by Crippen LogP contribution is 2.36. The van der Waals surface area contributed by atoms with Crippen LogP contribution in [-0.2, 0) is 11.9 Å². The van der Waals surface area contributed by atoms with Crippen LogP contribution in [0.1, 0.15) is 27.2 Å². The minimum Gasteiger partial charge on any atom is -0.478 e. The monoisotopic (exact) mass is 476 g/mol. The smallest absolute Gasteiger partial charge is 0.416 e. The van der Waals surface area contributed by atoms with Crippen molar-refractivity contribution in [3.05, 3.63) is 83.2 Å². The highest BCUT2D eigenvalue weighted by molar-refractivity contribution is 8.76. The number of benzene rings is 2. The van der Waals surface area contributed by atoms with Crippen LogP contribution >= 0.6 is 21.6 Å². The predicted molar refractivity (Wildman–Crippen MR) is 118 cm³/mol. The van der Waals surface area contributed by atoms with Crippen molar-refractivity contribution in [1.29, 1.82) is 0 Å². The summed E-state index contributed by atoms with van der Waals surface area (Å²) in [4.78, 5) is 19.5. The third-order valence-corrected chi connectivity index (χ3v) is 7.10. The average Bonchev–Trinajstić information content (AvgIpc) is 3.17. The number of alkyl halides is 3. The molecule has 10 heteroatoms. The number of hydrogen-bond donors (Lipinski definition) is 2. The van der Waals surface area contributed by atoms with Crippen LogP contribution in [0, 0.1) is 6.92 Å². The molecule has 32 heavy (non-hydrogen) atoms. The van der Waals surface area contributed by atoms with Crippen LogP contribution in [0.15, 0.2) is 65.7 Å². The number of halogens is 3. The summed E-state index contributed by atoms with van der Waals surface area (Å²) in [6.07, 6.45) is -2.64. The molecule has 0 fully saturated rings. The van der Waals surface area contributed by atoms with Gasteiger partial charge in [-0.05, 0) is 48.9 Å². The fourth-order valence-corrected chi connectivity index (χ4v) is 5.55. The molecule has 0 aliphatic carbocycles. The number of nitrogens with one attached hydrogen (secondary N) is 1. The summed E-state index contributed by atoms with van der Waals surface area (Å²) in [5.41, 5.74) is 2.10. The molecule has 0 saturated carbocycles. The van der Waals surface area contributed by atoms with E-state index < -0.39 is 17.7 Å². The number of aryl methyl sites for hydroxylation is 1. The van der Waals surface area contributed by atoms with E-state index in [4.69, 9.17) is 0 Å². The Morgan fingerprint density at radius 3 is 2.69 bits per heavy atom. The first kappa shape index (κ1) is 22.2. The van der Waals surface area contributed by atoms with Gasteiger partial charge < -0.3 is 5.11 Å². The minimum absolute atomic E-state index is 0.236. The van der Waals surface area contributed by atoms with E-state index in [1.54, 1.807) is 35.0 Å². The van der Waals surface area contributed by atoms with Crippen LogP contribution in [0.25, 0.3) is 17.0 Å². The molecule has 0 atom stereocenters. The lowest BCUT2D eigenvalue weighted by Crippen LogP contribution is -2.37. The third-order valence-electron chi connectivity index (χ3n) is 4.81. The molecule has 2 aromatic carbocycles. The van der Waals surface area contributed by atoms with Gasteiger partial charge in [0, 0.05) is 4.90 Å². The number of imidazole rings is 1. The number of fused-ring (bicyclic) bond motifs is 1. The van der Waals surface area contributed by atoms with Gasteiger partial charge in [0.15, 0.2) is 5.52 Å². The van der Waals surface area contributed by atoms with E-state index in [9.17, 15) is 23.1 Å². The number of pyridine rings is 1. The molecule has 2 heterocycles. The molecular formula is C22H17F3N3O2S2+. The first-order chi connectivity index (χ1) is 15.2. The van der Waals surface area contributed by atoms with Crippen LogP contribution in [0.5, 0.6) is 0 Å². The minimum atomic E-state index is -4.43. The topological polar surface area (TPSA) is 69.9 Å². The Bertz CT molecular complexity index is 1310. The van der Waals surface area contributed by atoms with Crippen molar-refractivity contribution >= 4 is 38.6 Å². The maximum atomic E-state index is 13.0. The van der Waals surface area contributed by atoms with Gasteiger partial charge in [0.1, 0.15) is 5.52 Å². The maximum Gasteiger partial charge on any atom is 0.416 e. The summed E-state index contributed by atoms with van der Waals surface area (Å²) in [5.74, 6) is -0.0504. The number of carboxylic acids is 1. The quantitative estimate of drug-likeness (QED) is 0.272.